The molecule has 0 spiro atoms. The lowest BCUT2D eigenvalue weighted by atomic mass is 10.4. The molecule has 1 aromatic rings. The predicted molar refractivity (Wildman–Crippen MR) is 53.3 cm³/mol. The Bertz CT molecular complexity index is 293. The molecule has 0 saturated carbocycles. The quantitative estimate of drug-likeness (QED) is 0.635. The fourth-order valence-corrected chi connectivity index (χ4v) is 1.11. The normalized spacial score (nSPS) is 10.3. The van der Waals surface area contributed by atoms with Crippen LogP contribution < -0.4 is 0 Å². The molecule has 0 aliphatic heterocycles. The summed E-state index contributed by atoms with van der Waals surface area (Å²) in [5, 5.41) is 4.14. The van der Waals surface area contributed by atoms with Gasteiger partial charge in [-0.2, -0.15) is 5.10 Å². The van der Waals surface area contributed by atoms with Crippen molar-refractivity contribution in [1.82, 2.24) is 14.7 Å². The third-order valence-corrected chi connectivity index (χ3v) is 1.79. The zero-order valence-corrected chi connectivity index (χ0v) is 8.20. The van der Waals surface area contributed by atoms with E-state index >= 15 is 0 Å². The Kier molecular flexibility index (Phi) is 3.53. The maximum atomic E-state index is 5.23. The van der Waals surface area contributed by atoms with Crippen molar-refractivity contribution in [2.24, 2.45) is 0 Å². The van der Waals surface area contributed by atoms with Crippen LogP contribution in [0, 0.1) is 12.3 Å². The van der Waals surface area contributed by atoms with E-state index in [1.165, 1.54) is 0 Å². The number of hydrogen-bond acceptors (Lipinski definition) is 2. The summed E-state index contributed by atoms with van der Waals surface area (Å²) in [5.74, 6) is 2.55. The standard InChI is InChI=1S/C10H15N3/c1-4-10-8-11-13(9-10)7-5-6-12(2)3/h1,8-9H,5-7H2,2-3H3. The van der Waals surface area contributed by atoms with Crippen LogP contribution in [0.4, 0.5) is 0 Å². The lowest BCUT2D eigenvalue weighted by Crippen LogP contribution is -2.15. The number of hydrogen-bond donors (Lipinski definition) is 0. The number of rotatable bonds is 4. The average molecular weight is 177 g/mol. The van der Waals surface area contributed by atoms with E-state index in [4.69, 9.17) is 6.42 Å². The van der Waals surface area contributed by atoms with E-state index in [1.807, 2.05) is 10.9 Å². The molecule has 1 aromatic heterocycles. The third kappa shape index (κ3) is 3.30. The van der Waals surface area contributed by atoms with Gasteiger partial charge in [0.1, 0.15) is 0 Å². The molecule has 0 bridgehead atoms. The van der Waals surface area contributed by atoms with Crippen LogP contribution in [0.1, 0.15) is 12.0 Å². The molecule has 0 unspecified atom stereocenters. The molecular weight excluding hydrogens is 162 g/mol. The van der Waals surface area contributed by atoms with Gasteiger partial charge in [0, 0.05) is 12.7 Å². The topological polar surface area (TPSA) is 21.1 Å². The first-order valence-corrected chi connectivity index (χ1v) is 4.36. The molecule has 0 atom stereocenters. The second-order valence-electron chi connectivity index (χ2n) is 3.29. The number of terminal acetylenes is 1. The zero-order chi connectivity index (χ0) is 9.68. The fraction of sp³-hybridized carbons (Fsp3) is 0.500. The first kappa shape index (κ1) is 9.82. The SMILES string of the molecule is C#Cc1cnn(CCCN(C)C)c1. The zero-order valence-electron chi connectivity index (χ0n) is 8.20. The highest BCUT2D eigenvalue weighted by atomic mass is 15.3. The first-order valence-electron chi connectivity index (χ1n) is 4.36. The van der Waals surface area contributed by atoms with Crippen molar-refractivity contribution in [3.8, 4) is 12.3 Å². The average Bonchev–Trinajstić information content (AvgIpc) is 2.52. The van der Waals surface area contributed by atoms with Gasteiger partial charge in [0.2, 0.25) is 0 Å². The van der Waals surface area contributed by atoms with Crippen molar-refractivity contribution in [2.75, 3.05) is 20.6 Å². The summed E-state index contributed by atoms with van der Waals surface area (Å²) >= 11 is 0. The monoisotopic (exact) mass is 177 g/mol. The van der Waals surface area contributed by atoms with Gasteiger partial charge in [-0.05, 0) is 27.1 Å². The molecule has 0 radical (unpaired) electrons. The van der Waals surface area contributed by atoms with E-state index in [9.17, 15) is 0 Å². The second kappa shape index (κ2) is 4.68. The highest BCUT2D eigenvalue weighted by Gasteiger charge is 1.95. The summed E-state index contributed by atoms with van der Waals surface area (Å²) in [4.78, 5) is 2.16. The van der Waals surface area contributed by atoms with E-state index in [1.54, 1.807) is 6.20 Å². The van der Waals surface area contributed by atoms with Crippen LogP contribution in [0.2, 0.25) is 0 Å². The number of nitrogens with zero attached hydrogens (tertiary/aromatic N) is 3. The van der Waals surface area contributed by atoms with Crippen molar-refractivity contribution in [3.05, 3.63) is 18.0 Å². The molecule has 0 aromatic carbocycles. The molecule has 0 amide bonds. The lowest BCUT2D eigenvalue weighted by Gasteiger charge is -2.08. The Morgan fingerprint density at radius 1 is 1.62 bits per heavy atom. The molecule has 0 N–H and O–H groups in total. The number of aromatic nitrogens is 2. The van der Waals surface area contributed by atoms with Gasteiger partial charge in [-0.15, -0.1) is 6.42 Å². The van der Waals surface area contributed by atoms with E-state index < -0.39 is 0 Å². The van der Waals surface area contributed by atoms with Gasteiger partial charge < -0.3 is 4.90 Å². The Labute approximate surface area is 79.4 Å². The highest BCUT2D eigenvalue weighted by molar-refractivity contribution is 5.25. The van der Waals surface area contributed by atoms with Crippen LogP contribution in [0.5, 0.6) is 0 Å². The van der Waals surface area contributed by atoms with E-state index in [0.717, 1.165) is 25.1 Å². The highest BCUT2D eigenvalue weighted by Crippen LogP contribution is 1.96. The van der Waals surface area contributed by atoms with E-state index in [-0.39, 0.29) is 0 Å². The molecule has 3 nitrogen and oxygen atoms in total. The summed E-state index contributed by atoms with van der Waals surface area (Å²) in [7, 11) is 4.13. The van der Waals surface area contributed by atoms with Crippen LogP contribution in [0.15, 0.2) is 12.4 Å². The minimum atomic E-state index is 0.852. The third-order valence-electron chi connectivity index (χ3n) is 1.79. The van der Waals surface area contributed by atoms with Crippen molar-refractivity contribution in [2.45, 2.75) is 13.0 Å². The molecule has 0 saturated heterocycles. The molecule has 1 heterocycles. The Morgan fingerprint density at radius 2 is 2.38 bits per heavy atom. The molecule has 0 aliphatic carbocycles. The Balaban J connectivity index is 2.34. The predicted octanol–water partition coefficient (Wildman–Crippen LogP) is 0.816. The van der Waals surface area contributed by atoms with Gasteiger partial charge in [-0.3, -0.25) is 4.68 Å². The minimum Gasteiger partial charge on any atom is -0.309 e. The van der Waals surface area contributed by atoms with E-state index in [2.05, 4.69) is 30.0 Å². The number of aryl methyl sites for hydroxylation is 1. The van der Waals surface area contributed by atoms with Crippen LogP contribution in [-0.4, -0.2) is 35.3 Å². The summed E-state index contributed by atoms with van der Waals surface area (Å²) in [6, 6.07) is 0. The summed E-state index contributed by atoms with van der Waals surface area (Å²) in [6.07, 6.45) is 9.94. The maximum absolute atomic E-state index is 5.23. The molecule has 1 rings (SSSR count). The van der Waals surface area contributed by atoms with Crippen molar-refractivity contribution in [1.29, 1.82) is 0 Å². The largest absolute Gasteiger partial charge is 0.309 e. The summed E-state index contributed by atoms with van der Waals surface area (Å²) < 4.78 is 1.89. The van der Waals surface area contributed by atoms with Crippen molar-refractivity contribution in [3.63, 3.8) is 0 Å². The minimum absolute atomic E-state index is 0.852. The lowest BCUT2D eigenvalue weighted by molar-refractivity contribution is 0.380. The molecule has 0 fully saturated rings. The van der Waals surface area contributed by atoms with Gasteiger partial charge in [-0.1, -0.05) is 5.92 Å². The molecule has 70 valence electrons. The second-order valence-corrected chi connectivity index (χ2v) is 3.29. The van der Waals surface area contributed by atoms with Gasteiger partial charge in [0.25, 0.3) is 0 Å². The summed E-state index contributed by atoms with van der Waals surface area (Å²) in [6.45, 7) is 2.01. The smallest absolute Gasteiger partial charge is 0.0646 e. The maximum Gasteiger partial charge on any atom is 0.0646 e. The van der Waals surface area contributed by atoms with Gasteiger partial charge in [0.05, 0.1) is 11.8 Å². The molecular formula is C10H15N3. The Hall–Kier alpha value is -1.27. The Morgan fingerprint density at radius 3 is 2.92 bits per heavy atom. The molecule has 13 heavy (non-hydrogen) atoms. The van der Waals surface area contributed by atoms with Crippen LogP contribution in [0.3, 0.4) is 0 Å². The molecule has 3 heteroatoms. The first-order chi connectivity index (χ1) is 6.22. The van der Waals surface area contributed by atoms with Gasteiger partial charge in [0.15, 0.2) is 0 Å². The van der Waals surface area contributed by atoms with Crippen LogP contribution in [0.25, 0.3) is 0 Å². The fourth-order valence-electron chi connectivity index (χ4n) is 1.11. The summed E-state index contributed by atoms with van der Waals surface area (Å²) in [5.41, 5.74) is 0.852. The van der Waals surface area contributed by atoms with Gasteiger partial charge >= 0.3 is 0 Å². The van der Waals surface area contributed by atoms with Crippen LogP contribution in [-0.2, 0) is 6.54 Å². The van der Waals surface area contributed by atoms with Crippen molar-refractivity contribution >= 4 is 0 Å². The molecule has 0 aliphatic rings. The van der Waals surface area contributed by atoms with Crippen LogP contribution >= 0.6 is 0 Å². The van der Waals surface area contributed by atoms with Crippen molar-refractivity contribution < 1.29 is 0 Å². The van der Waals surface area contributed by atoms with Gasteiger partial charge in [-0.25, -0.2) is 0 Å². The van der Waals surface area contributed by atoms with E-state index in [0.29, 0.717) is 0 Å².